The number of rotatable bonds is 3. The minimum atomic E-state index is -0.346. The highest BCUT2D eigenvalue weighted by Crippen LogP contribution is 2.29. The van der Waals surface area contributed by atoms with Gasteiger partial charge in [-0.1, -0.05) is 6.08 Å². The molecular formula is C9H14O3. The third-order valence-corrected chi connectivity index (χ3v) is 1.91. The van der Waals surface area contributed by atoms with Gasteiger partial charge in [0.1, 0.15) is 6.10 Å². The Kier molecular flexibility index (Phi) is 2.87. The Morgan fingerprint density at radius 3 is 2.75 bits per heavy atom. The number of hydrogen-bond donors (Lipinski definition) is 0. The lowest BCUT2D eigenvalue weighted by atomic mass is 10.1. The third-order valence-electron chi connectivity index (χ3n) is 1.91. The molecule has 0 saturated carbocycles. The van der Waals surface area contributed by atoms with Crippen molar-refractivity contribution in [1.29, 1.82) is 0 Å². The molecule has 0 aromatic heterocycles. The van der Waals surface area contributed by atoms with E-state index in [1.807, 2.05) is 19.9 Å². The predicted octanol–water partition coefficient (Wildman–Crippen LogP) is 1.28. The van der Waals surface area contributed by atoms with Crippen molar-refractivity contribution in [2.45, 2.75) is 33.0 Å². The summed E-state index contributed by atoms with van der Waals surface area (Å²) in [6.45, 7) is 6.08. The summed E-state index contributed by atoms with van der Waals surface area (Å²) in [6, 6.07) is 0. The maximum absolute atomic E-state index is 11.1. The molecule has 0 spiro atoms. The van der Waals surface area contributed by atoms with E-state index in [2.05, 4.69) is 0 Å². The highest BCUT2D eigenvalue weighted by Gasteiger charge is 2.46. The zero-order chi connectivity index (χ0) is 9.14. The summed E-state index contributed by atoms with van der Waals surface area (Å²) in [6.07, 6.45) is 1.57. The van der Waals surface area contributed by atoms with E-state index >= 15 is 0 Å². The highest BCUT2D eigenvalue weighted by atomic mass is 16.6. The minimum Gasteiger partial charge on any atom is -0.464 e. The van der Waals surface area contributed by atoms with Gasteiger partial charge in [0.2, 0.25) is 0 Å². The molecular weight excluding hydrogens is 156 g/mol. The first-order valence-corrected chi connectivity index (χ1v) is 4.15. The quantitative estimate of drug-likeness (QED) is 0.364. The van der Waals surface area contributed by atoms with Crippen molar-refractivity contribution in [2.24, 2.45) is 0 Å². The fourth-order valence-electron chi connectivity index (χ4n) is 1.03. The van der Waals surface area contributed by atoms with E-state index in [-0.39, 0.29) is 18.2 Å². The van der Waals surface area contributed by atoms with Gasteiger partial charge in [-0.15, -0.1) is 0 Å². The van der Waals surface area contributed by atoms with Gasteiger partial charge in [-0.2, -0.15) is 0 Å². The molecule has 1 rings (SSSR count). The highest BCUT2D eigenvalue weighted by molar-refractivity contribution is 5.78. The van der Waals surface area contributed by atoms with Gasteiger partial charge in [0.15, 0.2) is 6.10 Å². The average Bonchev–Trinajstić information content (AvgIpc) is 2.82. The predicted molar refractivity (Wildman–Crippen MR) is 44.7 cm³/mol. The number of allylic oxidation sites excluding steroid dienone is 1. The monoisotopic (exact) mass is 170 g/mol. The van der Waals surface area contributed by atoms with E-state index in [9.17, 15) is 4.79 Å². The Bertz CT molecular complexity index is 208. The molecule has 12 heavy (non-hydrogen) atoms. The van der Waals surface area contributed by atoms with Crippen LogP contribution >= 0.6 is 0 Å². The minimum absolute atomic E-state index is 0.0333. The fraction of sp³-hybridized carbons (Fsp3) is 0.667. The van der Waals surface area contributed by atoms with Gasteiger partial charge in [-0.05, 0) is 26.3 Å². The van der Waals surface area contributed by atoms with Crippen molar-refractivity contribution in [3.63, 3.8) is 0 Å². The first-order valence-electron chi connectivity index (χ1n) is 4.15. The zero-order valence-corrected chi connectivity index (χ0v) is 7.66. The SMILES string of the molecule is C/C=C(\C)C1OC1C(=O)OCC. The Morgan fingerprint density at radius 2 is 2.25 bits per heavy atom. The average molecular weight is 170 g/mol. The number of carbonyl (C=O) groups is 1. The molecule has 1 saturated heterocycles. The van der Waals surface area contributed by atoms with Crippen LogP contribution in [0.4, 0.5) is 0 Å². The summed E-state index contributed by atoms with van der Waals surface area (Å²) in [5.74, 6) is -0.247. The molecule has 0 bridgehead atoms. The van der Waals surface area contributed by atoms with Crippen molar-refractivity contribution in [1.82, 2.24) is 0 Å². The molecule has 1 heterocycles. The standard InChI is InChI=1S/C9H14O3/c1-4-6(3)7-8(12-7)9(10)11-5-2/h4,7-8H,5H2,1-3H3/b6-4+. The second-order valence-electron chi connectivity index (χ2n) is 2.76. The van der Waals surface area contributed by atoms with E-state index in [0.29, 0.717) is 6.61 Å². The van der Waals surface area contributed by atoms with Crippen LogP contribution < -0.4 is 0 Å². The molecule has 1 aliphatic heterocycles. The Labute approximate surface area is 72.4 Å². The lowest BCUT2D eigenvalue weighted by Gasteiger charge is -1.96. The van der Waals surface area contributed by atoms with Gasteiger partial charge in [-0.25, -0.2) is 4.79 Å². The van der Waals surface area contributed by atoms with Crippen LogP contribution in [0.15, 0.2) is 11.6 Å². The molecule has 0 radical (unpaired) electrons. The second-order valence-corrected chi connectivity index (χ2v) is 2.76. The van der Waals surface area contributed by atoms with Gasteiger partial charge in [0.25, 0.3) is 0 Å². The van der Waals surface area contributed by atoms with Crippen LogP contribution in [-0.4, -0.2) is 24.8 Å². The first-order chi connectivity index (χ1) is 5.70. The molecule has 0 amide bonds. The maximum Gasteiger partial charge on any atom is 0.338 e. The number of epoxide rings is 1. The van der Waals surface area contributed by atoms with Crippen LogP contribution in [0, 0.1) is 0 Å². The van der Waals surface area contributed by atoms with E-state index in [0.717, 1.165) is 5.57 Å². The van der Waals surface area contributed by atoms with Gasteiger partial charge in [0, 0.05) is 0 Å². The molecule has 0 aromatic carbocycles. The first kappa shape index (κ1) is 9.26. The van der Waals surface area contributed by atoms with Gasteiger partial charge in [0.05, 0.1) is 6.61 Å². The van der Waals surface area contributed by atoms with Crippen molar-refractivity contribution in [2.75, 3.05) is 6.61 Å². The molecule has 0 aromatic rings. The lowest BCUT2D eigenvalue weighted by molar-refractivity contribution is -0.144. The molecule has 1 fully saturated rings. The van der Waals surface area contributed by atoms with E-state index in [1.54, 1.807) is 6.92 Å². The molecule has 3 nitrogen and oxygen atoms in total. The van der Waals surface area contributed by atoms with Crippen LogP contribution in [0.3, 0.4) is 0 Å². The van der Waals surface area contributed by atoms with Gasteiger partial charge < -0.3 is 9.47 Å². The molecule has 68 valence electrons. The summed E-state index contributed by atoms with van der Waals surface area (Å²) in [5, 5.41) is 0. The van der Waals surface area contributed by atoms with Crippen LogP contribution in [0.1, 0.15) is 20.8 Å². The van der Waals surface area contributed by atoms with Crippen molar-refractivity contribution in [3.8, 4) is 0 Å². The van der Waals surface area contributed by atoms with Crippen molar-refractivity contribution < 1.29 is 14.3 Å². The second kappa shape index (κ2) is 3.72. The van der Waals surface area contributed by atoms with Crippen LogP contribution in [0.5, 0.6) is 0 Å². The van der Waals surface area contributed by atoms with E-state index in [1.165, 1.54) is 0 Å². The van der Waals surface area contributed by atoms with E-state index < -0.39 is 0 Å². The Hall–Kier alpha value is -0.830. The maximum atomic E-state index is 11.1. The topological polar surface area (TPSA) is 38.8 Å². The summed E-state index contributed by atoms with van der Waals surface area (Å²) >= 11 is 0. The zero-order valence-electron chi connectivity index (χ0n) is 7.66. The summed E-state index contributed by atoms with van der Waals surface area (Å²) in [7, 11) is 0. The number of esters is 1. The fourth-order valence-corrected chi connectivity index (χ4v) is 1.03. The molecule has 2 atom stereocenters. The lowest BCUT2D eigenvalue weighted by Crippen LogP contribution is -2.14. The summed E-state index contributed by atoms with van der Waals surface area (Å²) in [5.41, 5.74) is 1.09. The Balaban J connectivity index is 2.37. The molecule has 2 unspecified atom stereocenters. The van der Waals surface area contributed by atoms with Crippen molar-refractivity contribution in [3.05, 3.63) is 11.6 Å². The number of carbonyl (C=O) groups excluding carboxylic acids is 1. The number of ether oxygens (including phenoxy) is 2. The molecule has 1 aliphatic rings. The van der Waals surface area contributed by atoms with Crippen LogP contribution in [0.2, 0.25) is 0 Å². The normalized spacial score (nSPS) is 28.4. The van der Waals surface area contributed by atoms with Crippen LogP contribution in [0.25, 0.3) is 0 Å². The largest absolute Gasteiger partial charge is 0.464 e. The Morgan fingerprint density at radius 1 is 1.58 bits per heavy atom. The smallest absolute Gasteiger partial charge is 0.338 e. The van der Waals surface area contributed by atoms with Gasteiger partial charge in [-0.3, -0.25) is 0 Å². The molecule has 0 N–H and O–H groups in total. The van der Waals surface area contributed by atoms with Crippen molar-refractivity contribution >= 4 is 5.97 Å². The van der Waals surface area contributed by atoms with Crippen LogP contribution in [-0.2, 0) is 14.3 Å². The molecule has 3 heteroatoms. The van der Waals surface area contributed by atoms with E-state index in [4.69, 9.17) is 9.47 Å². The third kappa shape index (κ3) is 1.85. The summed E-state index contributed by atoms with van der Waals surface area (Å²) in [4.78, 5) is 11.1. The number of hydrogen-bond acceptors (Lipinski definition) is 3. The summed E-state index contributed by atoms with van der Waals surface area (Å²) < 4.78 is 9.94. The molecule has 0 aliphatic carbocycles. The van der Waals surface area contributed by atoms with Gasteiger partial charge >= 0.3 is 5.97 Å².